The third kappa shape index (κ3) is 3.09. The van der Waals surface area contributed by atoms with Crippen LogP contribution in [0.1, 0.15) is 52.3 Å². The quantitative estimate of drug-likeness (QED) is 0.306. The lowest BCUT2D eigenvalue weighted by Crippen LogP contribution is -2.51. The normalized spacial score (nSPS) is 16.9. The van der Waals surface area contributed by atoms with Gasteiger partial charge in [-0.3, -0.25) is 4.79 Å². The van der Waals surface area contributed by atoms with Crippen LogP contribution >= 0.6 is 0 Å². The molecule has 0 N–H and O–H groups in total. The summed E-state index contributed by atoms with van der Waals surface area (Å²) in [6, 6.07) is 6.89. The number of allylic oxidation sites excluding steroid dienone is 2. The fraction of sp³-hybridized carbons (Fsp3) is 0.208. The first-order valence-corrected chi connectivity index (χ1v) is 10.2. The zero-order valence-corrected chi connectivity index (χ0v) is 18.6. The molecule has 4 rings (SSSR count). The number of ether oxygens (including phenoxy) is 1. The Labute approximate surface area is 185 Å². The van der Waals surface area contributed by atoms with E-state index in [1.54, 1.807) is 44.2 Å². The minimum Gasteiger partial charge on any atom is -0.466 e. The fourth-order valence-electron chi connectivity index (χ4n) is 4.78. The molecule has 0 atom stereocenters. The van der Waals surface area contributed by atoms with Gasteiger partial charge in [0.1, 0.15) is 5.71 Å². The Hall–Kier alpha value is -3.55. The largest absolute Gasteiger partial charge is 0.737 e. The van der Waals surface area contributed by atoms with Crippen molar-refractivity contribution >= 4 is 36.6 Å². The van der Waals surface area contributed by atoms with Crippen LogP contribution in [0.5, 0.6) is 0 Å². The highest BCUT2D eigenvalue weighted by atomic mass is 19.2. The number of esters is 1. The maximum Gasteiger partial charge on any atom is 0.737 e. The van der Waals surface area contributed by atoms with Crippen LogP contribution in [0, 0.1) is 13.8 Å². The van der Waals surface area contributed by atoms with Crippen molar-refractivity contribution in [3.05, 3.63) is 81.3 Å². The van der Waals surface area contributed by atoms with E-state index < -0.39 is 12.9 Å². The zero-order valence-electron chi connectivity index (χ0n) is 18.6. The van der Waals surface area contributed by atoms with Gasteiger partial charge in [0.05, 0.1) is 12.7 Å². The predicted octanol–water partition coefficient (Wildman–Crippen LogP) is 4.53. The molecule has 1 aromatic carbocycles. The van der Waals surface area contributed by atoms with Gasteiger partial charge in [0.15, 0.2) is 12.0 Å². The average molecular weight is 436 g/mol. The number of nitrogens with zero attached hydrogens (tertiary/aromatic N) is 2. The van der Waals surface area contributed by atoms with Crippen molar-refractivity contribution in [2.75, 3.05) is 7.11 Å². The van der Waals surface area contributed by atoms with E-state index in [0.717, 1.165) is 20.1 Å². The molecule has 1 aromatic heterocycles. The summed E-state index contributed by atoms with van der Waals surface area (Å²) in [6.45, 7) is 2.95. The fourth-order valence-corrected chi connectivity index (χ4v) is 4.78. The van der Waals surface area contributed by atoms with Gasteiger partial charge in [0, 0.05) is 35.9 Å². The molecule has 0 saturated heterocycles. The van der Waals surface area contributed by atoms with Crippen LogP contribution in [0.2, 0.25) is 0 Å². The Balaban J connectivity index is 2.05. The summed E-state index contributed by atoms with van der Waals surface area (Å²) in [7, 11) is 1.27. The lowest BCUT2D eigenvalue weighted by molar-refractivity contribution is -0.363. The lowest BCUT2D eigenvalue weighted by Gasteiger charge is -2.34. The van der Waals surface area contributed by atoms with Crippen molar-refractivity contribution in [2.24, 2.45) is 0 Å². The van der Waals surface area contributed by atoms with Crippen molar-refractivity contribution in [1.29, 1.82) is 0 Å². The number of benzene rings is 1. The second kappa shape index (κ2) is 7.55. The number of methoxy groups -OCH3 is 1. The average Bonchev–Trinajstić information content (AvgIpc) is 3.22. The molecular formula is C24H23BF2N2O3. The summed E-state index contributed by atoms with van der Waals surface area (Å²) in [4.78, 5) is 23.1. The standard InChI is InChI=1S/C24H23BF2N2O3/c1-14-10-16(3)28-23(14)22(24-15(2)11-17(4)29(24)25(28,26)27)19-6-7-20(13-30)18(12-19)8-9-21(31)32-5/h6-13H,1-5H3/b9-8+. The van der Waals surface area contributed by atoms with E-state index in [2.05, 4.69) is 4.74 Å². The van der Waals surface area contributed by atoms with Gasteiger partial charge in [-0.15, -0.1) is 0 Å². The molecule has 32 heavy (non-hydrogen) atoms. The molecule has 0 aliphatic carbocycles. The number of fused-ring (bicyclic) bond motifs is 2. The van der Waals surface area contributed by atoms with E-state index in [1.807, 2.05) is 13.8 Å². The van der Waals surface area contributed by atoms with E-state index in [4.69, 9.17) is 0 Å². The van der Waals surface area contributed by atoms with Crippen LogP contribution in [0.4, 0.5) is 8.63 Å². The van der Waals surface area contributed by atoms with Gasteiger partial charge in [0.2, 0.25) is 0 Å². The molecule has 2 aromatic rings. The molecule has 0 fully saturated rings. The van der Waals surface area contributed by atoms with Crippen LogP contribution in [-0.4, -0.2) is 41.0 Å². The van der Waals surface area contributed by atoms with E-state index in [0.29, 0.717) is 51.3 Å². The first kappa shape index (κ1) is 21.7. The molecule has 8 heteroatoms. The van der Waals surface area contributed by atoms with Gasteiger partial charge in [-0.25, -0.2) is 4.79 Å². The highest BCUT2D eigenvalue weighted by molar-refractivity contribution is 6.58. The maximum atomic E-state index is 15.7. The van der Waals surface area contributed by atoms with E-state index in [9.17, 15) is 9.59 Å². The monoisotopic (exact) mass is 436 g/mol. The molecule has 5 nitrogen and oxygen atoms in total. The second-order valence-electron chi connectivity index (χ2n) is 8.16. The predicted molar refractivity (Wildman–Crippen MR) is 121 cm³/mol. The molecule has 164 valence electrons. The van der Waals surface area contributed by atoms with Crippen LogP contribution in [0.15, 0.2) is 47.7 Å². The van der Waals surface area contributed by atoms with Gasteiger partial charge >= 0.3 is 12.9 Å². The summed E-state index contributed by atoms with van der Waals surface area (Å²) >= 11 is 0. The van der Waals surface area contributed by atoms with Crippen LogP contribution < -0.4 is 0 Å². The first-order valence-electron chi connectivity index (χ1n) is 10.2. The van der Waals surface area contributed by atoms with Gasteiger partial charge in [-0.05, 0) is 61.4 Å². The van der Waals surface area contributed by atoms with Crippen molar-refractivity contribution < 1.29 is 27.4 Å². The number of hydrogen-bond acceptors (Lipinski definition) is 3. The third-order valence-corrected chi connectivity index (χ3v) is 6.04. The van der Waals surface area contributed by atoms with Crippen LogP contribution in [0.25, 0.3) is 11.6 Å². The van der Waals surface area contributed by atoms with Gasteiger partial charge in [-0.2, -0.15) is 0 Å². The van der Waals surface area contributed by atoms with E-state index in [1.165, 1.54) is 19.3 Å². The number of carbonyl (C=O) groups is 2. The Morgan fingerprint density at radius 1 is 1.12 bits per heavy atom. The summed E-state index contributed by atoms with van der Waals surface area (Å²) in [5.41, 5.74) is 5.59. The molecule has 2 aliphatic rings. The van der Waals surface area contributed by atoms with Crippen molar-refractivity contribution in [1.82, 2.24) is 4.48 Å². The third-order valence-electron chi connectivity index (χ3n) is 6.04. The SMILES string of the molecule is COC(=O)/C=C/c1cc(C2=C3C(C)=CC(C)=[N+]3[B-](F)(F)n3c(C)cc(C)c32)ccc1C=O. The first-order chi connectivity index (χ1) is 15.1. The van der Waals surface area contributed by atoms with Gasteiger partial charge in [0.25, 0.3) is 0 Å². The summed E-state index contributed by atoms with van der Waals surface area (Å²) in [5.74, 6) is -0.555. The number of carbonyl (C=O) groups excluding carboxylic acids is 2. The lowest BCUT2D eigenvalue weighted by atomic mass is 9.83. The van der Waals surface area contributed by atoms with Crippen molar-refractivity contribution in [2.45, 2.75) is 27.7 Å². The van der Waals surface area contributed by atoms with Gasteiger partial charge < -0.3 is 22.3 Å². The summed E-state index contributed by atoms with van der Waals surface area (Å²) in [6.07, 6.45) is 5.18. The highest BCUT2D eigenvalue weighted by Gasteiger charge is 2.55. The highest BCUT2D eigenvalue weighted by Crippen LogP contribution is 2.44. The Morgan fingerprint density at radius 2 is 1.84 bits per heavy atom. The molecule has 0 radical (unpaired) electrons. The minimum atomic E-state index is -4.06. The number of rotatable bonds is 4. The molecule has 3 heterocycles. The maximum absolute atomic E-state index is 15.7. The van der Waals surface area contributed by atoms with Crippen LogP contribution in [0.3, 0.4) is 0 Å². The summed E-state index contributed by atoms with van der Waals surface area (Å²) in [5, 5.41) is 0. The Kier molecular flexibility index (Phi) is 5.11. The Bertz CT molecular complexity index is 1310. The zero-order chi connectivity index (χ0) is 23.4. The molecule has 0 spiro atoms. The summed E-state index contributed by atoms with van der Waals surface area (Å²) < 4.78 is 38.4. The number of aldehydes is 1. The van der Waals surface area contributed by atoms with Crippen LogP contribution in [-0.2, 0) is 9.53 Å². The number of halogens is 2. The molecule has 0 bridgehead atoms. The Morgan fingerprint density at radius 3 is 2.50 bits per heavy atom. The molecule has 2 aliphatic heterocycles. The number of aryl methyl sites for hydroxylation is 2. The number of aromatic nitrogens is 1. The molecule has 0 unspecified atom stereocenters. The van der Waals surface area contributed by atoms with Gasteiger partial charge in [-0.1, -0.05) is 12.1 Å². The van der Waals surface area contributed by atoms with Crippen molar-refractivity contribution in [3.63, 3.8) is 0 Å². The molecular weight excluding hydrogens is 413 g/mol. The minimum absolute atomic E-state index is 0.381. The van der Waals surface area contributed by atoms with E-state index >= 15 is 8.63 Å². The number of hydrogen-bond donors (Lipinski definition) is 0. The second-order valence-corrected chi connectivity index (χ2v) is 8.16. The topological polar surface area (TPSA) is 51.3 Å². The molecule has 0 saturated carbocycles. The molecule has 0 amide bonds. The van der Waals surface area contributed by atoms with E-state index in [-0.39, 0.29) is 0 Å². The van der Waals surface area contributed by atoms with Crippen molar-refractivity contribution in [3.8, 4) is 0 Å². The smallest absolute Gasteiger partial charge is 0.466 e.